The van der Waals surface area contributed by atoms with Gasteiger partial charge in [-0.1, -0.05) is 77.7 Å². The van der Waals surface area contributed by atoms with E-state index >= 15 is 0 Å². The van der Waals surface area contributed by atoms with E-state index in [2.05, 4.69) is 65.5 Å². The molecule has 5 heteroatoms. The Morgan fingerprint density at radius 2 is 1.69 bits per heavy atom. The molecule has 3 aromatic rings. The Morgan fingerprint density at radius 1 is 0.923 bits per heavy atom. The lowest BCUT2D eigenvalue weighted by Gasteiger charge is -2.58. The predicted molar refractivity (Wildman–Crippen MR) is 214 cm³/mol. The molecule has 0 N–H and O–H groups in total. The van der Waals surface area contributed by atoms with Crippen molar-refractivity contribution in [2.75, 3.05) is 18.0 Å². The van der Waals surface area contributed by atoms with E-state index in [9.17, 15) is 9.59 Å². The van der Waals surface area contributed by atoms with E-state index in [1.165, 1.54) is 51.4 Å². The summed E-state index contributed by atoms with van der Waals surface area (Å²) >= 11 is 0. The van der Waals surface area contributed by atoms with Crippen LogP contribution in [0.2, 0.25) is 0 Å². The third-order valence-corrected chi connectivity index (χ3v) is 14.8. The summed E-state index contributed by atoms with van der Waals surface area (Å²) in [6, 6.07) is 15.1. The molecule has 3 saturated carbocycles. The molecular formula is C47H63NO4. The van der Waals surface area contributed by atoms with Gasteiger partial charge in [0.2, 0.25) is 0 Å². The van der Waals surface area contributed by atoms with Gasteiger partial charge in [0.05, 0.1) is 11.1 Å². The molecule has 0 amide bonds. The number of hydrogen-bond acceptors (Lipinski definition) is 5. The number of fused-ring (bicyclic) bond motifs is 6. The molecule has 1 aromatic heterocycles. The quantitative estimate of drug-likeness (QED) is 0.113. The van der Waals surface area contributed by atoms with Crippen molar-refractivity contribution in [1.82, 2.24) is 0 Å². The fraction of sp³-hybridized carbons (Fsp3) is 0.617. The highest BCUT2D eigenvalue weighted by Gasteiger charge is 2.59. The lowest BCUT2D eigenvalue weighted by molar-refractivity contribution is -0.0594. The molecule has 3 fully saturated rings. The van der Waals surface area contributed by atoms with Gasteiger partial charge in [-0.15, -0.1) is 0 Å². The number of ether oxygens (including phenoxy) is 1. The second-order valence-corrected chi connectivity index (χ2v) is 18.0. The summed E-state index contributed by atoms with van der Waals surface area (Å²) in [6.45, 7) is 18.5. The third-order valence-electron chi connectivity index (χ3n) is 14.8. The molecule has 280 valence electrons. The highest BCUT2D eigenvalue weighted by molar-refractivity contribution is 5.90. The lowest BCUT2D eigenvalue weighted by Crippen LogP contribution is -2.51. The molecule has 2 aromatic carbocycles. The molecule has 0 unspecified atom stereocenters. The Kier molecular flexibility index (Phi) is 10.5. The summed E-state index contributed by atoms with van der Waals surface area (Å²) in [7, 11) is 0. The molecule has 0 saturated heterocycles. The van der Waals surface area contributed by atoms with Crippen molar-refractivity contribution >= 4 is 22.6 Å². The molecular weight excluding hydrogens is 643 g/mol. The first-order chi connectivity index (χ1) is 24.9. The van der Waals surface area contributed by atoms with Crippen LogP contribution in [0.4, 0.5) is 5.69 Å². The SMILES string of the molecule is CCN(CC)c1ccc2cc(-c3ccc(C(=O)O[C@H]4CC[C@@]5(C)C(=CC[C@H]6[C@@H]7CC[C@H]([C@H](C)CCCC(C)C)[C@@]7(C)CC[C@@H]65)C4)cc3)c(=O)oc2c1. The van der Waals surface area contributed by atoms with Gasteiger partial charge < -0.3 is 14.1 Å². The third kappa shape index (κ3) is 6.79. The minimum Gasteiger partial charge on any atom is -0.458 e. The van der Waals surface area contributed by atoms with Gasteiger partial charge in [0.15, 0.2) is 0 Å². The topological polar surface area (TPSA) is 59.8 Å². The number of esters is 1. The summed E-state index contributed by atoms with van der Waals surface area (Å²) in [6.07, 6.45) is 16.3. The van der Waals surface area contributed by atoms with Crippen molar-refractivity contribution in [3.8, 4) is 11.1 Å². The molecule has 0 spiro atoms. The maximum absolute atomic E-state index is 13.4. The van der Waals surface area contributed by atoms with Gasteiger partial charge in [-0.2, -0.15) is 0 Å². The summed E-state index contributed by atoms with van der Waals surface area (Å²) in [5, 5.41) is 0.874. The zero-order valence-corrected chi connectivity index (χ0v) is 33.0. The van der Waals surface area contributed by atoms with Crippen LogP contribution in [0, 0.1) is 46.3 Å². The minimum atomic E-state index is -0.380. The standard InChI is InChI=1S/C47H63NO4/c1-8-48(9-2)36-19-17-34-27-39(45(50)52-43(34)29-36)32-13-15-33(16-14-32)44(49)51-37-23-25-46(6)35(28-37)18-20-38-41-22-21-40(31(5)12-10-11-30(3)4)47(41,7)26-24-42(38)46/h13-19,27,29-31,37-38,40-42H,8-12,20-26,28H2,1-7H3/t31-,37+,38+,40-,41+,42+,46+,47-/m1/s1. The number of carbonyl (C=O) groups is 1. The number of allylic oxidation sites excluding steroid dienone is 1. The van der Waals surface area contributed by atoms with Crippen LogP contribution in [0.25, 0.3) is 22.1 Å². The fourth-order valence-corrected chi connectivity index (χ4v) is 11.8. The van der Waals surface area contributed by atoms with Crippen LogP contribution in [-0.4, -0.2) is 25.2 Å². The van der Waals surface area contributed by atoms with Crippen LogP contribution in [0.3, 0.4) is 0 Å². The van der Waals surface area contributed by atoms with Crippen LogP contribution >= 0.6 is 0 Å². The van der Waals surface area contributed by atoms with E-state index in [1.807, 2.05) is 30.3 Å². The molecule has 4 aliphatic rings. The average molecular weight is 706 g/mol. The van der Waals surface area contributed by atoms with Crippen LogP contribution in [0.15, 0.2) is 69.4 Å². The van der Waals surface area contributed by atoms with Gasteiger partial charge in [0, 0.05) is 36.7 Å². The van der Waals surface area contributed by atoms with E-state index in [4.69, 9.17) is 9.15 Å². The Morgan fingerprint density at radius 3 is 2.42 bits per heavy atom. The molecule has 1 heterocycles. The zero-order valence-electron chi connectivity index (χ0n) is 33.0. The number of hydrogen-bond donors (Lipinski definition) is 0. The van der Waals surface area contributed by atoms with E-state index in [1.54, 1.807) is 17.7 Å². The van der Waals surface area contributed by atoms with Gasteiger partial charge in [0.1, 0.15) is 11.7 Å². The first kappa shape index (κ1) is 37.0. The van der Waals surface area contributed by atoms with Crippen molar-refractivity contribution in [1.29, 1.82) is 0 Å². The summed E-state index contributed by atoms with van der Waals surface area (Å²) in [5.74, 6) is 4.64. The van der Waals surface area contributed by atoms with Gasteiger partial charge in [-0.05, 0) is 141 Å². The Balaban J connectivity index is 0.988. The summed E-state index contributed by atoms with van der Waals surface area (Å²) in [4.78, 5) is 28.7. The summed E-state index contributed by atoms with van der Waals surface area (Å²) < 4.78 is 12.0. The van der Waals surface area contributed by atoms with Gasteiger partial charge in [0.25, 0.3) is 0 Å². The molecule has 8 atom stereocenters. The van der Waals surface area contributed by atoms with E-state index in [0.717, 1.165) is 84.5 Å². The Bertz CT molecular complexity index is 1830. The van der Waals surface area contributed by atoms with Crippen molar-refractivity contribution in [2.24, 2.45) is 46.3 Å². The monoisotopic (exact) mass is 705 g/mol. The average Bonchev–Trinajstić information content (AvgIpc) is 3.49. The highest BCUT2D eigenvalue weighted by Crippen LogP contribution is 2.67. The van der Waals surface area contributed by atoms with Crippen LogP contribution in [0.5, 0.6) is 0 Å². The van der Waals surface area contributed by atoms with Crippen molar-refractivity contribution in [3.05, 3.63) is 76.2 Å². The molecule has 52 heavy (non-hydrogen) atoms. The van der Waals surface area contributed by atoms with Crippen molar-refractivity contribution in [2.45, 2.75) is 125 Å². The number of rotatable bonds is 11. The normalized spacial score (nSPS) is 30.3. The number of carbonyl (C=O) groups excluding carboxylic acids is 1. The Hall–Kier alpha value is -3.34. The molecule has 7 rings (SSSR count). The molecule has 0 radical (unpaired) electrons. The zero-order chi connectivity index (χ0) is 36.8. The molecule has 4 aliphatic carbocycles. The second kappa shape index (κ2) is 14.8. The Labute approximate surface area is 312 Å². The van der Waals surface area contributed by atoms with Crippen LogP contribution < -0.4 is 10.5 Å². The van der Waals surface area contributed by atoms with E-state index < -0.39 is 0 Å². The highest BCUT2D eigenvalue weighted by atomic mass is 16.5. The van der Waals surface area contributed by atoms with E-state index in [-0.39, 0.29) is 23.1 Å². The largest absolute Gasteiger partial charge is 0.458 e. The van der Waals surface area contributed by atoms with Crippen LogP contribution in [-0.2, 0) is 4.74 Å². The maximum Gasteiger partial charge on any atom is 0.344 e. The van der Waals surface area contributed by atoms with Gasteiger partial charge in [-0.25, -0.2) is 9.59 Å². The second-order valence-electron chi connectivity index (χ2n) is 18.0. The van der Waals surface area contributed by atoms with Crippen molar-refractivity contribution < 1.29 is 13.9 Å². The van der Waals surface area contributed by atoms with Crippen LogP contribution in [0.1, 0.15) is 129 Å². The molecule has 0 aliphatic heterocycles. The van der Waals surface area contributed by atoms with E-state index in [0.29, 0.717) is 22.1 Å². The fourth-order valence-electron chi connectivity index (χ4n) is 11.8. The number of nitrogens with zero attached hydrogens (tertiary/aromatic N) is 1. The molecule has 5 nitrogen and oxygen atoms in total. The maximum atomic E-state index is 13.4. The number of anilines is 1. The first-order valence-corrected chi connectivity index (χ1v) is 20.8. The first-order valence-electron chi connectivity index (χ1n) is 20.8. The van der Waals surface area contributed by atoms with Crippen molar-refractivity contribution in [3.63, 3.8) is 0 Å². The molecule has 0 bridgehead atoms. The smallest absolute Gasteiger partial charge is 0.344 e. The van der Waals surface area contributed by atoms with Gasteiger partial charge >= 0.3 is 11.6 Å². The summed E-state index contributed by atoms with van der Waals surface area (Å²) in [5.41, 5.74) is 5.24. The minimum absolute atomic E-state index is 0.0896. The van der Waals surface area contributed by atoms with Gasteiger partial charge in [-0.3, -0.25) is 0 Å². The predicted octanol–water partition coefficient (Wildman–Crippen LogP) is 11.9. The lowest BCUT2D eigenvalue weighted by atomic mass is 9.47. The number of benzene rings is 2.